The second kappa shape index (κ2) is 14.8. The minimum Gasteiger partial charge on any atom is -0.493 e. The van der Waals surface area contributed by atoms with Crippen molar-refractivity contribution in [3.05, 3.63) is 78.4 Å². The Morgan fingerprint density at radius 2 is 1.33 bits per heavy atom. The molecule has 10 heteroatoms. The number of esters is 2. The molecule has 0 fully saturated rings. The number of rotatable bonds is 13. The van der Waals surface area contributed by atoms with E-state index in [4.69, 9.17) is 18.9 Å². The van der Waals surface area contributed by atoms with Crippen LogP contribution in [0, 0.1) is 0 Å². The standard InChI is InChI=1S/C29H30N2O8/c1-3-37-29(35)20-11-13-21(14-12-20)31-27(33)19-38-28(34)10-6-9-26(32)30-22-15-17-23(18-16-22)39-25-8-5-4-7-24(25)36-2/h4-5,7-8,11-18H,3,6,9-10,19H2,1-2H3,(H,30,32)(H,31,33). The zero-order valence-electron chi connectivity index (χ0n) is 21.7. The average Bonchev–Trinajstić information content (AvgIpc) is 2.94. The third kappa shape index (κ3) is 9.51. The van der Waals surface area contributed by atoms with E-state index < -0.39 is 24.5 Å². The van der Waals surface area contributed by atoms with Gasteiger partial charge in [-0.1, -0.05) is 12.1 Å². The van der Waals surface area contributed by atoms with Gasteiger partial charge in [-0.15, -0.1) is 0 Å². The molecule has 0 saturated carbocycles. The highest BCUT2D eigenvalue weighted by Gasteiger charge is 2.11. The van der Waals surface area contributed by atoms with Crippen molar-refractivity contribution in [3.8, 4) is 17.2 Å². The third-order valence-corrected chi connectivity index (χ3v) is 5.26. The molecular formula is C29H30N2O8. The summed E-state index contributed by atoms with van der Waals surface area (Å²) in [6.45, 7) is 1.51. The number of amides is 2. The first-order valence-corrected chi connectivity index (χ1v) is 12.3. The van der Waals surface area contributed by atoms with Gasteiger partial charge in [0.05, 0.1) is 19.3 Å². The van der Waals surface area contributed by atoms with Gasteiger partial charge in [-0.05, 0) is 74.0 Å². The van der Waals surface area contributed by atoms with Crippen molar-refractivity contribution in [2.24, 2.45) is 0 Å². The maximum Gasteiger partial charge on any atom is 0.338 e. The summed E-state index contributed by atoms with van der Waals surface area (Å²) in [5.74, 6) is -0.0626. The summed E-state index contributed by atoms with van der Waals surface area (Å²) >= 11 is 0. The van der Waals surface area contributed by atoms with Gasteiger partial charge in [-0.25, -0.2) is 4.79 Å². The predicted octanol–water partition coefficient (Wildman–Crippen LogP) is 4.95. The van der Waals surface area contributed by atoms with Crippen molar-refractivity contribution in [1.29, 1.82) is 0 Å². The van der Waals surface area contributed by atoms with Crippen LogP contribution in [0.4, 0.5) is 11.4 Å². The predicted molar refractivity (Wildman–Crippen MR) is 144 cm³/mol. The van der Waals surface area contributed by atoms with E-state index >= 15 is 0 Å². The summed E-state index contributed by atoms with van der Waals surface area (Å²) in [5.41, 5.74) is 1.39. The Kier molecular flexibility index (Phi) is 10.9. The van der Waals surface area contributed by atoms with E-state index in [2.05, 4.69) is 10.6 Å². The van der Waals surface area contributed by atoms with Gasteiger partial charge in [-0.3, -0.25) is 14.4 Å². The molecular weight excluding hydrogens is 504 g/mol. The van der Waals surface area contributed by atoms with Crippen LogP contribution in [0.3, 0.4) is 0 Å². The Hall–Kier alpha value is -4.86. The van der Waals surface area contributed by atoms with Crippen molar-refractivity contribution in [2.45, 2.75) is 26.2 Å². The lowest BCUT2D eigenvalue weighted by Crippen LogP contribution is -2.21. The summed E-state index contributed by atoms with van der Waals surface area (Å²) in [6.07, 6.45) is 0.352. The lowest BCUT2D eigenvalue weighted by molar-refractivity contribution is -0.147. The molecule has 0 radical (unpaired) electrons. The van der Waals surface area contributed by atoms with Gasteiger partial charge < -0.3 is 29.6 Å². The van der Waals surface area contributed by atoms with Crippen LogP contribution < -0.4 is 20.1 Å². The third-order valence-electron chi connectivity index (χ3n) is 5.26. The Bertz CT molecular complexity index is 1270. The lowest BCUT2D eigenvalue weighted by Gasteiger charge is -2.11. The largest absolute Gasteiger partial charge is 0.493 e. The van der Waals surface area contributed by atoms with Crippen molar-refractivity contribution in [1.82, 2.24) is 0 Å². The van der Waals surface area contributed by atoms with Gasteiger partial charge >= 0.3 is 11.9 Å². The van der Waals surface area contributed by atoms with E-state index in [1.54, 1.807) is 62.6 Å². The molecule has 0 atom stereocenters. The number of anilines is 2. The minimum absolute atomic E-state index is 0.0133. The fraction of sp³-hybridized carbons (Fsp3) is 0.241. The molecule has 0 aromatic heterocycles. The van der Waals surface area contributed by atoms with Crippen molar-refractivity contribution < 1.29 is 38.1 Å². The van der Waals surface area contributed by atoms with Crippen LogP contribution in [0.25, 0.3) is 0 Å². The van der Waals surface area contributed by atoms with Gasteiger partial charge in [-0.2, -0.15) is 0 Å². The summed E-state index contributed by atoms with van der Waals surface area (Å²) in [6, 6.07) is 20.3. The topological polar surface area (TPSA) is 129 Å². The Morgan fingerprint density at radius 3 is 1.97 bits per heavy atom. The Labute approximate surface area is 226 Å². The normalized spacial score (nSPS) is 10.2. The molecule has 0 bridgehead atoms. The van der Waals surface area contributed by atoms with Gasteiger partial charge in [0.15, 0.2) is 18.1 Å². The maximum atomic E-state index is 12.2. The molecule has 39 heavy (non-hydrogen) atoms. The number of ether oxygens (including phenoxy) is 4. The van der Waals surface area contributed by atoms with E-state index in [1.807, 2.05) is 12.1 Å². The molecule has 0 aliphatic carbocycles. The molecule has 204 valence electrons. The van der Waals surface area contributed by atoms with E-state index in [-0.39, 0.29) is 31.8 Å². The second-order valence-corrected chi connectivity index (χ2v) is 8.19. The molecule has 3 aromatic rings. The highest BCUT2D eigenvalue weighted by molar-refractivity contribution is 5.94. The van der Waals surface area contributed by atoms with Gasteiger partial charge in [0.25, 0.3) is 5.91 Å². The molecule has 3 aromatic carbocycles. The van der Waals surface area contributed by atoms with Gasteiger partial charge in [0.1, 0.15) is 5.75 Å². The summed E-state index contributed by atoms with van der Waals surface area (Å²) in [7, 11) is 1.56. The van der Waals surface area contributed by atoms with Gasteiger partial charge in [0, 0.05) is 24.2 Å². The van der Waals surface area contributed by atoms with E-state index in [1.165, 1.54) is 12.1 Å². The fourth-order valence-electron chi connectivity index (χ4n) is 3.37. The molecule has 3 rings (SSSR count). The number of hydrogen-bond donors (Lipinski definition) is 2. The molecule has 0 saturated heterocycles. The monoisotopic (exact) mass is 534 g/mol. The van der Waals surface area contributed by atoms with E-state index in [9.17, 15) is 19.2 Å². The summed E-state index contributed by atoms with van der Waals surface area (Å²) < 4.78 is 21.0. The van der Waals surface area contributed by atoms with Crippen LogP contribution in [-0.4, -0.2) is 44.1 Å². The molecule has 0 aliphatic heterocycles. The molecule has 10 nitrogen and oxygen atoms in total. The number of para-hydroxylation sites is 2. The zero-order valence-corrected chi connectivity index (χ0v) is 21.7. The minimum atomic E-state index is -0.589. The summed E-state index contributed by atoms with van der Waals surface area (Å²) in [4.78, 5) is 47.9. The SMILES string of the molecule is CCOC(=O)c1ccc(NC(=O)COC(=O)CCCC(=O)Nc2ccc(Oc3ccccc3OC)cc2)cc1. The van der Waals surface area contributed by atoms with Crippen LogP contribution >= 0.6 is 0 Å². The number of methoxy groups -OCH3 is 1. The van der Waals surface area contributed by atoms with E-state index in [0.717, 1.165) is 0 Å². The van der Waals surface area contributed by atoms with Crippen molar-refractivity contribution in [3.63, 3.8) is 0 Å². The Morgan fingerprint density at radius 1 is 0.718 bits per heavy atom. The number of carbonyl (C=O) groups excluding carboxylic acids is 4. The zero-order chi connectivity index (χ0) is 28.0. The van der Waals surface area contributed by atoms with Crippen LogP contribution in [0.15, 0.2) is 72.8 Å². The Balaban J connectivity index is 1.33. The first-order chi connectivity index (χ1) is 18.9. The fourth-order valence-corrected chi connectivity index (χ4v) is 3.37. The quantitative estimate of drug-likeness (QED) is 0.295. The van der Waals surface area contributed by atoms with Crippen LogP contribution in [0.1, 0.15) is 36.5 Å². The smallest absolute Gasteiger partial charge is 0.338 e. The van der Waals surface area contributed by atoms with Crippen molar-refractivity contribution in [2.75, 3.05) is 31.0 Å². The number of carbonyl (C=O) groups is 4. The first kappa shape index (κ1) is 28.7. The number of nitrogens with one attached hydrogen (secondary N) is 2. The van der Waals surface area contributed by atoms with Crippen LogP contribution in [0.5, 0.6) is 17.2 Å². The molecule has 0 unspecified atom stereocenters. The van der Waals surface area contributed by atoms with Crippen molar-refractivity contribution >= 4 is 35.1 Å². The number of benzene rings is 3. The maximum absolute atomic E-state index is 12.2. The highest BCUT2D eigenvalue weighted by atomic mass is 16.5. The van der Waals surface area contributed by atoms with Crippen LogP contribution in [-0.2, 0) is 23.9 Å². The highest BCUT2D eigenvalue weighted by Crippen LogP contribution is 2.31. The average molecular weight is 535 g/mol. The molecule has 2 N–H and O–H groups in total. The summed E-state index contributed by atoms with van der Waals surface area (Å²) in [5, 5.41) is 5.33. The molecule has 0 aliphatic rings. The first-order valence-electron chi connectivity index (χ1n) is 12.3. The second-order valence-electron chi connectivity index (χ2n) is 8.19. The van der Waals surface area contributed by atoms with Crippen LogP contribution in [0.2, 0.25) is 0 Å². The van der Waals surface area contributed by atoms with Gasteiger partial charge in [0.2, 0.25) is 5.91 Å². The van der Waals surface area contributed by atoms with E-state index in [0.29, 0.717) is 34.2 Å². The molecule has 2 amide bonds. The molecule has 0 heterocycles. The number of hydrogen-bond acceptors (Lipinski definition) is 8. The molecule has 0 spiro atoms. The lowest BCUT2D eigenvalue weighted by atomic mass is 10.2.